The van der Waals surface area contributed by atoms with Gasteiger partial charge in [-0.25, -0.2) is 18.1 Å². The van der Waals surface area contributed by atoms with Crippen LogP contribution in [0, 0.1) is 6.92 Å². The Balaban J connectivity index is 2.67. The lowest BCUT2D eigenvalue weighted by Gasteiger charge is -2.04. The lowest BCUT2D eigenvalue weighted by molar-refractivity contribution is 0.582. The first-order valence-corrected chi connectivity index (χ1v) is 8.66. The van der Waals surface area contributed by atoms with Gasteiger partial charge in [-0.3, -0.25) is 0 Å². The molecule has 0 unspecified atom stereocenters. The normalized spacial score (nSPS) is 11.9. The van der Waals surface area contributed by atoms with E-state index in [1.54, 1.807) is 18.7 Å². The number of thiazole rings is 1. The molecule has 4 nitrogen and oxygen atoms in total. The smallest absolute Gasteiger partial charge is 0.229 e. The average Bonchev–Trinajstić information content (AvgIpc) is 2.53. The minimum absolute atomic E-state index is 0.210. The van der Waals surface area contributed by atoms with Gasteiger partial charge in [-0.1, -0.05) is 22.9 Å². The average molecular weight is 301 g/mol. The first-order valence-electron chi connectivity index (χ1n) is 4.59. The Morgan fingerprint density at radius 3 is 2.75 bits per heavy atom. The maximum atomic E-state index is 11.8. The van der Waals surface area contributed by atoms with Crippen molar-refractivity contribution in [3.05, 3.63) is 10.2 Å². The lowest BCUT2D eigenvalue weighted by atomic mass is 10.5. The maximum absolute atomic E-state index is 11.8. The van der Waals surface area contributed by atoms with Crippen molar-refractivity contribution < 1.29 is 8.42 Å². The number of thioether (sulfide) groups is 1. The molecule has 0 fully saturated rings. The molecule has 0 saturated carbocycles. The summed E-state index contributed by atoms with van der Waals surface area (Å²) in [4.78, 5) is 3.88. The van der Waals surface area contributed by atoms with Gasteiger partial charge >= 0.3 is 0 Å². The van der Waals surface area contributed by atoms with E-state index in [0.717, 1.165) is 23.5 Å². The minimum atomic E-state index is -3.44. The molecule has 0 amide bonds. The fraction of sp³-hybridized carbons (Fsp3) is 0.625. The van der Waals surface area contributed by atoms with E-state index in [1.807, 2.05) is 6.26 Å². The minimum Gasteiger partial charge on any atom is -0.229 e. The summed E-state index contributed by atoms with van der Waals surface area (Å²) in [5.74, 6) is 0.935. The highest BCUT2D eigenvalue weighted by Crippen LogP contribution is 2.26. The molecule has 0 spiro atoms. The Bertz CT molecular complexity index is 444. The van der Waals surface area contributed by atoms with Crippen LogP contribution in [0.2, 0.25) is 4.47 Å². The second-order valence-electron chi connectivity index (χ2n) is 3.08. The molecule has 1 N–H and O–H groups in total. The van der Waals surface area contributed by atoms with Crippen molar-refractivity contribution >= 4 is 44.7 Å². The molecule has 0 radical (unpaired) electrons. The number of aryl methyl sites for hydroxylation is 1. The Morgan fingerprint density at radius 1 is 1.56 bits per heavy atom. The molecule has 0 aliphatic carbocycles. The van der Waals surface area contributed by atoms with Gasteiger partial charge in [-0.2, -0.15) is 11.8 Å². The first kappa shape index (κ1) is 14.2. The van der Waals surface area contributed by atoms with Crippen LogP contribution in [0.15, 0.2) is 4.21 Å². The van der Waals surface area contributed by atoms with Crippen molar-refractivity contribution in [1.82, 2.24) is 9.71 Å². The van der Waals surface area contributed by atoms with Crippen molar-refractivity contribution in [3.63, 3.8) is 0 Å². The third-order valence-electron chi connectivity index (χ3n) is 1.79. The molecular weight excluding hydrogens is 288 g/mol. The highest BCUT2D eigenvalue weighted by atomic mass is 35.5. The number of nitrogens with one attached hydrogen (secondary N) is 1. The van der Waals surface area contributed by atoms with E-state index in [-0.39, 0.29) is 8.68 Å². The van der Waals surface area contributed by atoms with Crippen LogP contribution in [0.4, 0.5) is 0 Å². The van der Waals surface area contributed by atoms with E-state index in [1.165, 1.54) is 0 Å². The van der Waals surface area contributed by atoms with Gasteiger partial charge in [-0.15, -0.1) is 0 Å². The van der Waals surface area contributed by atoms with Crippen LogP contribution in [-0.4, -0.2) is 32.0 Å². The molecule has 0 aromatic carbocycles. The zero-order valence-electron chi connectivity index (χ0n) is 8.99. The van der Waals surface area contributed by atoms with Gasteiger partial charge in [0.2, 0.25) is 0 Å². The molecule has 1 heterocycles. The van der Waals surface area contributed by atoms with Crippen LogP contribution in [0.3, 0.4) is 0 Å². The summed E-state index contributed by atoms with van der Waals surface area (Å²) in [6.07, 6.45) is 2.80. The van der Waals surface area contributed by atoms with Crippen LogP contribution < -0.4 is 4.72 Å². The summed E-state index contributed by atoms with van der Waals surface area (Å²) in [6, 6.07) is 0. The fourth-order valence-electron chi connectivity index (χ4n) is 1.09. The second-order valence-corrected chi connectivity index (χ2v) is 7.61. The summed E-state index contributed by atoms with van der Waals surface area (Å²) < 4.78 is 26.6. The molecule has 1 rings (SSSR count). The molecule has 0 aliphatic rings. The Morgan fingerprint density at radius 2 is 2.25 bits per heavy atom. The molecule has 92 valence electrons. The monoisotopic (exact) mass is 300 g/mol. The summed E-state index contributed by atoms with van der Waals surface area (Å²) in [5, 5.41) is 0. The second kappa shape index (κ2) is 6.20. The zero-order valence-corrected chi connectivity index (χ0v) is 12.2. The third-order valence-corrected chi connectivity index (χ3v) is 5.82. The number of halogens is 1. The summed E-state index contributed by atoms with van der Waals surface area (Å²) >= 11 is 8.34. The Kier molecular flexibility index (Phi) is 5.52. The van der Waals surface area contributed by atoms with E-state index < -0.39 is 10.0 Å². The third kappa shape index (κ3) is 3.89. The summed E-state index contributed by atoms with van der Waals surface area (Å²) in [7, 11) is -3.44. The quantitative estimate of drug-likeness (QED) is 0.818. The van der Waals surface area contributed by atoms with Gasteiger partial charge in [-0.05, 0) is 25.4 Å². The molecule has 0 saturated heterocycles. The van der Waals surface area contributed by atoms with Crippen LogP contribution in [0.5, 0.6) is 0 Å². The fourth-order valence-corrected chi connectivity index (χ4v) is 4.38. The number of hydrogen-bond acceptors (Lipinski definition) is 5. The first-order chi connectivity index (χ1) is 7.47. The van der Waals surface area contributed by atoms with Crippen LogP contribution in [0.1, 0.15) is 12.1 Å². The molecule has 8 heteroatoms. The van der Waals surface area contributed by atoms with Crippen molar-refractivity contribution in [1.29, 1.82) is 0 Å². The molecule has 16 heavy (non-hydrogen) atoms. The van der Waals surface area contributed by atoms with Crippen molar-refractivity contribution in [2.75, 3.05) is 18.6 Å². The molecule has 0 atom stereocenters. The largest absolute Gasteiger partial charge is 0.251 e. The number of nitrogens with zero attached hydrogens (tertiary/aromatic N) is 1. The van der Waals surface area contributed by atoms with Crippen LogP contribution in [-0.2, 0) is 10.0 Å². The van der Waals surface area contributed by atoms with Crippen molar-refractivity contribution in [3.8, 4) is 0 Å². The molecule has 1 aromatic heterocycles. The van der Waals surface area contributed by atoms with E-state index in [4.69, 9.17) is 11.6 Å². The van der Waals surface area contributed by atoms with Crippen molar-refractivity contribution in [2.24, 2.45) is 0 Å². The number of hydrogen-bond donors (Lipinski definition) is 1. The van der Waals surface area contributed by atoms with E-state index >= 15 is 0 Å². The Hall–Kier alpha value is 0.180. The topological polar surface area (TPSA) is 59.1 Å². The predicted molar refractivity (Wildman–Crippen MR) is 70.0 cm³/mol. The maximum Gasteiger partial charge on any atom is 0.251 e. The van der Waals surface area contributed by atoms with Crippen LogP contribution >= 0.6 is 34.7 Å². The summed E-state index contributed by atoms with van der Waals surface area (Å²) in [6.45, 7) is 2.08. The van der Waals surface area contributed by atoms with E-state index in [0.29, 0.717) is 12.2 Å². The predicted octanol–water partition coefficient (Wildman–Crippen LogP) is 2.14. The molecule has 1 aromatic rings. The standard InChI is InChI=1S/C8H13ClN2O2S3/c1-6-7(15-8(9)11-6)16(12,13)10-4-3-5-14-2/h10H,3-5H2,1-2H3. The van der Waals surface area contributed by atoms with Gasteiger partial charge in [0.25, 0.3) is 10.0 Å². The van der Waals surface area contributed by atoms with Crippen molar-refractivity contribution in [2.45, 2.75) is 17.6 Å². The summed E-state index contributed by atoms with van der Waals surface area (Å²) in [5.41, 5.74) is 0.451. The van der Waals surface area contributed by atoms with Gasteiger partial charge < -0.3 is 0 Å². The van der Waals surface area contributed by atoms with Gasteiger partial charge in [0.15, 0.2) is 8.68 Å². The zero-order chi connectivity index (χ0) is 12.2. The van der Waals surface area contributed by atoms with E-state index in [9.17, 15) is 8.42 Å². The van der Waals surface area contributed by atoms with Gasteiger partial charge in [0, 0.05) is 6.54 Å². The number of aromatic nitrogens is 1. The van der Waals surface area contributed by atoms with E-state index in [2.05, 4.69) is 9.71 Å². The lowest BCUT2D eigenvalue weighted by Crippen LogP contribution is -2.25. The van der Waals surface area contributed by atoms with Crippen LogP contribution in [0.25, 0.3) is 0 Å². The Labute approximate surface area is 109 Å². The number of sulfonamides is 1. The number of rotatable bonds is 6. The molecular formula is C8H13ClN2O2S3. The highest BCUT2D eigenvalue weighted by molar-refractivity contribution is 7.98. The van der Waals surface area contributed by atoms with Gasteiger partial charge in [0.1, 0.15) is 0 Å². The SMILES string of the molecule is CSCCCNS(=O)(=O)c1sc(Cl)nc1C. The molecule has 0 bridgehead atoms. The molecule has 0 aliphatic heterocycles. The van der Waals surface area contributed by atoms with Gasteiger partial charge in [0.05, 0.1) is 5.69 Å². The highest BCUT2D eigenvalue weighted by Gasteiger charge is 2.20.